The fourth-order valence-electron chi connectivity index (χ4n) is 2.55. The highest BCUT2D eigenvalue weighted by Crippen LogP contribution is 2.09. The van der Waals surface area contributed by atoms with E-state index in [1.54, 1.807) is 6.07 Å². The Labute approximate surface area is 155 Å². The Morgan fingerprint density at radius 3 is 2.31 bits per heavy atom. The highest BCUT2D eigenvalue weighted by atomic mass is 32.2. The molecule has 0 atom stereocenters. The van der Waals surface area contributed by atoms with E-state index in [0.29, 0.717) is 6.42 Å². The molecule has 0 spiro atoms. The Balaban J connectivity index is 1.88. The number of rotatable bonds is 9. The average Bonchev–Trinajstić information content (AvgIpc) is 2.65. The van der Waals surface area contributed by atoms with Gasteiger partial charge in [0, 0.05) is 6.54 Å². The van der Waals surface area contributed by atoms with Crippen LogP contribution in [0.15, 0.2) is 48.5 Å². The fourth-order valence-corrected chi connectivity index (χ4v) is 3.58. The van der Waals surface area contributed by atoms with Gasteiger partial charge in [-0.15, -0.1) is 0 Å². The van der Waals surface area contributed by atoms with Crippen LogP contribution in [0.5, 0.6) is 0 Å². The standard InChI is InChI=1S/C20H25NO4S/c1-3-16-7-9-17(10-8-16)11-12-26(23,24)21-15-19-6-4-5-18(13-19)14-20(22)25-2/h4-10,13,21H,3,11-12,14-15H2,1-2H3. The maximum absolute atomic E-state index is 12.2. The Hall–Kier alpha value is -2.18. The van der Waals surface area contributed by atoms with Gasteiger partial charge in [-0.2, -0.15) is 0 Å². The summed E-state index contributed by atoms with van der Waals surface area (Å²) in [5.74, 6) is -0.280. The minimum absolute atomic E-state index is 0.0420. The predicted octanol–water partition coefficient (Wildman–Crippen LogP) is 2.63. The monoisotopic (exact) mass is 375 g/mol. The van der Waals surface area contributed by atoms with Crippen molar-refractivity contribution in [3.8, 4) is 0 Å². The number of carbonyl (C=O) groups is 1. The summed E-state index contributed by atoms with van der Waals surface area (Å²) < 4.78 is 31.7. The molecule has 0 saturated carbocycles. The summed E-state index contributed by atoms with van der Waals surface area (Å²) >= 11 is 0. The van der Waals surface area contributed by atoms with E-state index in [9.17, 15) is 13.2 Å². The molecule has 0 aliphatic rings. The molecule has 0 aromatic heterocycles. The number of methoxy groups -OCH3 is 1. The van der Waals surface area contributed by atoms with Gasteiger partial charge in [0.05, 0.1) is 19.3 Å². The van der Waals surface area contributed by atoms with E-state index < -0.39 is 10.0 Å². The van der Waals surface area contributed by atoms with Gasteiger partial charge in [-0.3, -0.25) is 4.79 Å². The second-order valence-electron chi connectivity index (χ2n) is 6.13. The molecule has 0 fully saturated rings. The minimum Gasteiger partial charge on any atom is -0.469 e. The molecule has 6 heteroatoms. The molecule has 140 valence electrons. The maximum Gasteiger partial charge on any atom is 0.309 e. The number of aryl methyl sites for hydroxylation is 2. The van der Waals surface area contributed by atoms with Crippen molar-refractivity contribution in [2.24, 2.45) is 0 Å². The van der Waals surface area contributed by atoms with E-state index >= 15 is 0 Å². The van der Waals surface area contributed by atoms with Crippen LogP contribution in [-0.2, 0) is 45.4 Å². The molecule has 2 aromatic carbocycles. The van der Waals surface area contributed by atoms with Crippen LogP contribution in [0.1, 0.15) is 29.2 Å². The number of sulfonamides is 1. The quantitative estimate of drug-likeness (QED) is 0.684. The van der Waals surface area contributed by atoms with E-state index in [0.717, 1.165) is 23.1 Å². The predicted molar refractivity (Wildman–Crippen MR) is 102 cm³/mol. The van der Waals surface area contributed by atoms with Crippen LogP contribution < -0.4 is 4.72 Å². The average molecular weight is 375 g/mol. The van der Waals surface area contributed by atoms with Gasteiger partial charge in [0.25, 0.3) is 0 Å². The molecule has 0 bridgehead atoms. The number of benzene rings is 2. The van der Waals surface area contributed by atoms with Crippen LogP contribution in [0.2, 0.25) is 0 Å². The molecule has 0 amide bonds. The maximum atomic E-state index is 12.2. The fraction of sp³-hybridized carbons (Fsp3) is 0.350. The normalized spacial score (nSPS) is 11.3. The molecule has 1 N–H and O–H groups in total. The van der Waals surface area contributed by atoms with Crippen molar-refractivity contribution in [1.29, 1.82) is 0 Å². The molecule has 2 aromatic rings. The summed E-state index contributed by atoms with van der Waals surface area (Å²) in [6, 6.07) is 15.3. The van der Waals surface area contributed by atoms with E-state index in [1.807, 2.05) is 42.5 Å². The van der Waals surface area contributed by atoms with Gasteiger partial charge in [-0.25, -0.2) is 13.1 Å². The van der Waals surface area contributed by atoms with Crippen LogP contribution in [0, 0.1) is 0 Å². The lowest BCUT2D eigenvalue weighted by molar-refractivity contribution is -0.139. The van der Waals surface area contributed by atoms with Crippen molar-refractivity contribution in [2.45, 2.75) is 32.7 Å². The number of hydrogen-bond acceptors (Lipinski definition) is 4. The van der Waals surface area contributed by atoms with Crippen molar-refractivity contribution in [2.75, 3.05) is 12.9 Å². The Morgan fingerprint density at radius 2 is 1.65 bits per heavy atom. The minimum atomic E-state index is -3.38. The molecule has 0 saturated heterocycles. The first-order valence-corrected chi connectivity index (χ1v) is 10.3. The number of esters is 1. The molecule has 0 aliphatic carbocycles. The summed E-state index contributed by atoms with van der Waals surface area (Å²) in [6.45, 7) is 2.29. The topological polar surface area (TPSA) is 72.5 Å². The Bertz CT molecular complexity index is 829. The Morgan fingerprint density at radius 1 is 1.00 bits per heavy atom. The molecular weight excluding hydrogens is 350 g/mol. The summed E-state index contributed by atoms with van der Waals surface area (Å²) in [7, 11) is -2.03. The van der Waals surface area contributed by atoms with E-state index in [2.05, 4.69) is 16.4 Å². The van der Waals surface area contributed by atoms with Gasteiger partial charge in [-0.1, -0.05) is 55.5 Å². The summed E-state index contributed by atoms with van der Waals surface area (Å²) in [6.07, 6.45) is 1.61. The van der Waals surface area contributed by atoms with E-state index in [-0.39, 0.29) is 24.7 Å². The van der Waals surface area contributed by atoms with Crippen molar-refractivity contribution < 1.29 is 17.9 Å². The first-order chi connectivity index (χ1) is 12.4. The number of nitrogens with one attached hydrogen (secondary N) is 1. The lowest BCUT2D eigenvalue weighted by Gasteiger charge is -2.09. The highest BCUT2D eigenvalue weighted by molar-refractivity contribution is 7.89. The third-order valence-electron chi connectivity index (χ3n) is 4.15. The molecular formula is C20H25NO4S. The summed E-state index contributed by atoms with van der Waals surface area (Å²) in [4.78, 5) is 11.3. The second kappa shape index (κ2) is 9.50. The lowest BCUT2D eigenvalue weighted by atomic mass is 10.1. The largest absolute Gasteiger partial charge is 0.469 e. The molecule has 0 aliphatic heterocycles. The Kier molecular flexibility index (Phi) is 7.36. The van der Waals surface area contributed by atoms with Crippen LogP contribution in [0.4, 0.5) is 0 Å². The molecule has 0 heterocycles. The van der Waals surface area contributed by atoms with Crippen molar-refractivity contribution in [3.05, 3.63) is 70.8 Å². The van der Waals surface area contributed by atoms with Crippen LogP contribution in [0.3, 0.4) is 0 Å². The summed E-state index contributed by atoms with van der Waals surface area (Å²) in [5.41, 5.74) is 3.85. The van der Waals surface area contributed by atoms with Crippen molar-refractivity contribution in [3.63, 3.8) is 0 Å². The lowest BCUT2D eigenvalue weighted by Crippen LogP contribution is -2.27. The third-order valence-corrected chi connectivity index (χ3v) is 5.48. The van der Waals surface area contributed by atoms with Crippen LogP contribution in [-0.4, -0.2) is 27.2 Å². The number of hydrogen-bond donors (Lipinski definition) is 1. The first kappa shape index (κ1) is 20.1. The smallest absolute Gasteiger partial charge is 0.309 e. The van der Waals surface area contributed by atoms with E-state index in [4.69, 9.17) is 0 Å². The first-order valence-electron chi connectivity index (χ1n) is 8.61. The van der Waals surface area contributed by atoms with Gasteiger partial charge in [0.2, 0.25) is 10.0 Å². The zero-order chi connectivity index (χ0) is 19.0. The van der Waals surface area contributed by atoms with Crippen molar-refractivity contribution >= 4 is 16.0 Å². The molecule has 2 rings (SSSR count). The van der Waals surface area contributed by atoms with Gasteiger partial charge in [0.1, 0.15) is 0 Å². The van der Waals surface area contributed by atoms with Gasteiger partial charge < -0.3 is 4.74 Å². The zero-order valence-electron chi connectivity index (χ0n) is 15.2. The highest BCUT2D eigenvalue weighted by Gasteiger charge is 2.11. The van der Waals surface area contributed by atoms with Crippen LogP contribution >= 0.6 is 0 Å². The summed E-state index contributed by atoms with van der Waals surface area (Å²) in [5, 5.41) is 0. The van der Waals surface area contributed by atoms with Crippen LogP contribution in [0.25, 0.3) is 0 Å². The second-order valence-corrected chi connectivity index (χ2v) is 8.06. The van der Waals surface area contributed by atoms with Gasteiger partial charge in [-0.05, 0) is 35.1 Å². The molecule has 5 nitrogen and oxygen atoms in total. The molecule has 26 heavy (non-hydrogen) atoms. The molecule has 0 unspecified atom stereocenters. The SMILES string of the molecule is CCc1ccc(CCS(=O)(=O)NCc2cccc(CC(=O)OC)c2)cc1. The van der Waals surface area contributed by atoms with Gasteiger partial charge in [0.15, 0.2) is 0 Å². The third kappa shape index (κ3) is 6.61. The molecule has 0 radical (unpaired) electrons. The number of carbonyl (C=O) groups excluding carboxylic acids is 1. The zero-order valence-corrected chi connectivity index (χ0v) is 16.0. The van der Waals surface area contributed by atoms with Crippen molar-refractivity contribution in [1.82, 2.24) is 4.72 Å². The number of ether oxygens (including phenoxy) is 1. The van der Waals surface area contributed by atoms with E-state index in [1.165, 1.54) is 12.7 Å². The van der Waals surface area contributed by atoms with Gasteiger partial charge >= 0.3 is 5.97 Å².